The van der Waals surface area contributed by atoms with Crippen LogP contribution in [0.5, 0.6) is 0 Å². The van der Waals surface area contributed by atoms with Gasteiger partial charge in [-0.1, -0.05) is 0 Å². The molecule has 88 valence electrons. The molecule has 0 heterocycles. The van der Waals surface area contributed by atoms with Crippen molar-refractivity contribution in [3.8, 4) is 12.1 Å². The Kier molecular flexibility index (Phi) is 3.38. The number of hydrogen-bond acceptors (Lipinski definition) is 2. The molecular formula is C11H6F4N2. The van der Waals surface area contributed by atoms with Crippen molar-refractivity contribution < 1.29 is 17.6 Å². The highest BCUT2D eigenvalue weighted by Gasteiger charge is 2.33. The minimum atomic E-state index is -4.72. The van der Waals surface area contributed by atoms with Crippen LogP contribution >= 0.6 is 0 Å². The monoisotopic (exact) mass is 242 g/mol. The zero-order valence-electron chi connectivity index (χ0n) is 8.64. The lowest BCUT2D eigenvalue weighted by atomic mass is 9.94. The van der Waals surface area contributed by atoms with Crippen molar-refractivity contribution in [2.75, 3.05) is 0 Å². The fourth-order valence-corrected chi connectivity index (χ4v) is 1.38. The molecule has 0 spiro atoms. The van der Waals surface area contributed by atoms with E-state index in [0.717, 1.165) is 0 Å². The Morgan fingerprint density at radius 3 is 2.24 bits per heavy atom. The number of nitriles is 2. The van der Waals surface area contributed by atoms with Crippen LogP contribution in [-0.4, -0.2) is 0 Å². The Hall–Kier alpha value is -2.08. The highest BCUT2D eigenvalue weighted by molar-refractivity contribution is 5.45. The molecule has 1 unspecified atom stereocenters. The summed E-state index contributed by atoms with van der Waals surface area (Å²) in [7, 11) is 0. The van der Waals surface area contributed by atoms with E-state index in [-0.39, 0.29) is 5.56 Å². The van der Waals surface area contributed by atoms with Gasteiger partial charge in [-0.05, 0) is 19.1 Å². The summed E-state index contributed by atoms with van der Waals surface area (Å²) in [4.78, 5) is 0. The molecule has 17 heavy (non-hydrogen) atoms. The first kappa shape index (κ1) is 13.0. The SMILES string of the molecule is CC(C#N)c1c(F)cc(C(F)(F)F)cc1C#N. The van der Waals surface area contributed by atoms with E-state index in [1.807, 2.05) is 0 Å². The third-order valence-electron chi connectivity index (χ3n) is 2.20. The van der Waals surface area contributed by atoms with Crippen molar-refractivity contribution in [2.24, 2.45) is 0 Å². The van der Waals surface area contributed by atoms with Crippen molar-refractivity contribution in [3.63, 3.8) is 0 Å². The van der Waals surface area contributed by atoms with E-state index in [2.05, 4.69) is 0 Å². The van der Waals surface area contributed by atoms with Gasteiger partial charge >= 0.3 is 6.18 Å². The summed E-state index contributed by atoms with van der Waals surface area (Å²) in [6, 6.07) is 4.00. The second-order valence-corrected chi connectivity index (χ2v) is 3.38. The number of halogens is 4. The fraction of sp³-hybridized carbons (Fsp3) is 0.273. The Morgan fingerprint density at radius 1 is 1.24 bits per heavy atom. The van der Waals surface area contributed by atoms with Gasteiger partial charge in [0.15, 0.2) is 0 Å². The highest BCUT2D eigenvalue weighted by atomic mass is 19.4. The van der Waals surface area contributed by atoms with Crippen LogP contribution in [0.15, 0.2) is 12.1 Å². The molecule has 1 rings (SSSR count). The maximum absolute atomic E-state index is 13.5. The van der Waals surface area contributed by atoms with Gasteiger partial charge in [-0.15, -0.1) is 0 Å². The Labute approximate surface area is 94.7 Å². The van der Waals surface area contributed by atoms with Gasteiger partial charge in [0.25, 0.3) is 0 Å². The van der Waals surface area contributed by atoms with Crippen LogP contribution < -0.4 is 0 Å². The number of alkyl halides is 3. The zero-order chi connectivity index (χ0) is 13.2. The first-order chi connectivity index (χ1) is 7.81. The Bertz CT molecular complexity index is 520. The molecule has 0 amide bonds. The maximum Gasteiger partial charge on any atom is 0.416 e. The standard InChI is InChI=1S/C11H6F4N2/c1-6(4-16)10-7(5-17)2-8(3-9(10)12)11(13,14)15/h2-3,6H,1H3. The lowest BCUT2D eigenvalue weighted by Gasteiger charge is -2.12. The van der Waals surface area contributed by atoms with E-state index in [0.29, 0.717) is 12.1 Å². The lowest BCUT2D eigenvalue weighted by Crippen LogP contribution is -2.09. The van der Waals surface area contributed by atoms with E-state index in [9.17, 15) is 17.6 Å². The van der Waals surface area contributed by atoms with Crippen LogP contribution in [0.25, 0.3) is 0 Å². The second-order valence-electron chi connectivity index (χ2n) is 3.38. The highest BCUT2D eigenvalue weighted by Crippen LogP contribution is 2.33. The normalized spacial score (nSPS) is 12.6. The van der Waals surface area contributed by atoms with Crippen LogP contribution in [0.2, 0.25) is 0 Å². The van der Waals surface area contributed by atoms with Gasteiger partial charge in [0.1, 0.15) is 5.82 Å². The summed E-state index contributed by atoms with van der Waals surface area (Å²) < 4.78 is 50.5. The van der Waals surface area contributed by atoms with Gasteiger partial charge in [0.2, 0.25) is 0 Å². The second kappa shape index (κ2) is 4.42. The number of benzene rings is 1. The molecule has 0 saturated carbocycles. The Balaban J connectivity index is 3.50. The van der Waals surface area contributed by atoms with Crippen molar-refractivity contribution in [1.82, 2.24) is 0 Å². The molecule has 0 aliphatic carbocycles. The van der Waals surface area contributed by atoms with Gasteiger partial charge in [0.05, 0.1) is 29.2 Å². The Morgan fingerprint density at radius 2 is 1.82 bits per heavy atom. The summed E-state index contributed by atoms with van der Waals surface area (Å²) in [5, 5.41) is 17.3. The van der Waals surface area contributed by atoms with Gasteiger partial charge in [-0.25, -0.2) is 4.39 Å². The van der Waals surface area contributed by atoms with E-state index >= 15 is 0 Å². The molecule has 1 aromatic rings. The van der Waals surface area contributed by atoms with Gasteiger partial charge in [-0.2, -0.15) is 23.7 Å². The predicted octanol–water partition coefficient (Wildman–Crippen LogP) is 3.34. The average Bonchev–Trinajstić information content (AvgIpc) is 2.25. The zero-order valence-corrected chi connectivity index (χ0v) is 8.64. The molecule has 0 radical (unpaired) electrons. The van der Waals surface area contributed by atoms with E-state index in [4.69, 9.17) is 10.5 Å². The number of rotatable bonds is 1. The summed E-state index contributed by atoms with van der Waals surface area (Å²) in [6.45, 7) is 1.31. The van der Waals surface area contributed by atoms with E-state index < -0.39 is 29.0 Å². The molecule has 0 aliphatic rings. The molecule has 0 bridgehead atoms. The molecule has 0 aliphatic heterocycles. The fourth-order valence-electron chi connectivity index (χ4n) is 1.38. The average molecular weight is 242 g/mol. The summed E-state index contributed by atoms with van der Waals surface area (Å²) in [5.74, 6) is -2.17. The van der Waals surface area contributed by atoms with Crippen molar-refractivity contribution in [1.29, 1.82) is 10.5 Å². The number of nitrogens with zero attached hydrogens (tertiary/aromatic N) is 2. The number of hydrogen-bond donors (Lipinski definition) is 0. The smallest absolute Gasteiger partial charge is 0.207 e. The van der Waals surface area contributed by atoms with Crippen LogP contribution in [0.3, 0.4) is 0 Å². The van der Waals surface area contributed by atoms with E-state index in [1.165, 1.54) is 13.0 Å². The molecular weight excluding hydrogens is 236 g/mol. The molecule has 0 saturated heterocycles. The molecule has 1 atom stereocenters. The lowest BCUT2D eigenvalue weighted by molar-refractivity contribution is -0.137. The van der Waals surface area contributed by atoms with Crippen molar-refractivity contribution >= 4 is 0 Å². The molecule has 6 heteroatoms. The van der Waals surface area contributed by atoms with Gasteiger partial charge in [-0.3, -0.25) is 0 Å². The van der Waals surface area contributed by atoms with Crippen LogP contribution in [0, 0.1) is 28.5 Å². The summed E-state index contributed by atoms with van der Waals surface area (Å²) >= 11 is 0. The third kappa shape index (κ3) is 2.54. The molecule has 0 fully saturated rings. The largest absolute Gasteiger partial charge is 0.416 e. The first-order valence-electron chi connectivity index (χ1n) is 4.51. The minimum absolute atomic E-state index is 0.296. The van der Waals surface area contributed by atoms with Crippen LogP contribution in [-0.2, 0) is 6.18 Å². The summed E-state index contributed by atoms with van der Waals surface area (Å²) in [5.41, 5.74) is -2.00. The van der Waals surface area contributed by atoms with Crippen LogP contribution in [0.1, 0.15) is 29.5 Å². The van der Waals surface area contributed by atoms with Crippen LogP contribution in [0.4, 0.5) is 17.6 Å². The van der Waals surface area contributed by atoms with Crippen molar-refractivity contribution in [3.05, 3.63) is 34.6 Å². The molecule has 1 aromatic carbocycles. The summed E-state index contributed by atoms with van der Waals surface area (Å²) in [6.07, 6.45) is -4.72. The maximum atomic E-state index is 13.5. The van der Waals surface area contributed by atoms with Gasteiger partial charge < -0.3 is 0 Å². The van der Waals surface area contributed by atoms with Gasteiger partial charge in [0, 0.05) is 5.56 Å². The predicted molar refractivity (Wildman–Crippen MR) is 50.1 cm³/mol. The van der Waals surface area contributed by atoms with Crippen molar-refractivity contribution in [2.45, 2.75) is 19.0 Å². The third-order valence-corrected chi connectivity index (χ3v) is 2.20. The van der Waals surface area contributed by atoms with E-state index in [1.54, 1.807) is 6.07 Å². The molecule has 0 N–H and O–H groups in total. The quantitative estimate of drug-likeness (QED) is 0.709. The molecule has 0 aromatic heterocycles. The topological polar surface area (TPSA) is 47.6 Å². The first-order valence-corrected chi connectivity index (χ1v) is 4.51. The molecule has 2 nitrogen and oxygen atoms in total. The minimum Gasteiger partial charge on any atom is -0.207 e.